The van der Waals surface area contributed by atoms with Crippen molar-refractivity contribution < 1.29 is 4.74 Å². The minimum atomic E-state index is 0.381. The Morgan fingerprint density at radius 2 is 2.06 bits per heavy atom. The summed E-state index contributed by atoms with van der Waals surface area (Å²) in [4.78, 5) is 1.35. The lowest BCUT2D eigenvalue weighted by Crippen LogP contribution is -2.14. The van der Waals surface area contributed by atoms with Gasteiger partial charge in [-0.25, -0.2) is 0 Å². The molecule has 0 spiro atoms. The maximum atomic E-state index is 5.90. The zero-order valence-electron chi connectivity index (χ0n) is 10.6. The molecule has 0 aliphatic carbocycles. The van der Waals surface area contributed by atoms with Crippen LogP contribution in [0.25, 0.3) is 0 Å². The summed E-state index contributed by atoms with van der Waals surface area (Å²) in [6, 6.07) is 12.5. The minimum Gasteiger partial charge on any atom is -0.494 e. The van der Waals surface area contributed by atoms with Crippen LogP contribution in [0.1, 0.15) is 23.3 Å². The van der Waals surface area contributed by atoms with E-state index in [0.717, 1.165) is 12.2 Å². The van der Waals surface area contributed by atoms with Crippen LogP contribution in [0.2, 0.25) is 0 Å². The molecule has 1 unspecified atom stereocenters. The van der Waals surface area contributed by atoms with Crippen molar-refractivity contribution in [2.45, 2.75) is 19.3 Å². The Hall–Kier alpha value is -1.32. The molecule has 2 rings (SSSR count). The summed E-state index contributed by atoms with van der Waals surface area (Å²) in [5.74, 6) is 1.36. The van der Waals surface area contributed by atoms with Gasteiger partial charge >= 0.3 is 0 Å². The van der Waals surface area contributed by atoms with Crippen LogP contribution in [0.4, 0.5) is 0 Å². The second-order valence-electron chi connectivity index (χ2n) is 4.19. The van der Waals surface area contributed by atoms with Gasteiger partial charge in [-0.2, -0.15) is 0 Å². The van der Waals surface area contributed by atoms with Gasteiger partial charge in [0, 0.05) is 17.3 Å². The molecular weight excluding hydrogens is 242 g/mol. The molecule has 3 heteroatoms. The van der Waals surface area contributed by atoms with E-state index in [1.165, 1.54) is 10.4 Å². The predicted molar refractivity (Wildman–Crippen MR) is 77.4 cm³/mol. The lowest BCUT2D eigenvalue weighted by Gasteiger charge is -2.16. The number of nitrogens with two attached hydrogens (primary N) is 1. The summed E-state index contributed by atoms with van der Waals surface area (Å²) in [5.41, 5.74) is 7.14. The minimum absolute atomic E-state index is 0.381. The summed E-state index contributed by atoms with van der Waals surface area (Å²) in [6.07, 6.45) is 0.938. The van der Waals surface area contributed by atoms with Gasteiger partial charge in [0.25, 0.3) is 0 Å². The van der Waals surface area contributed by atoms with Crippen LogP contribution in [0.3, 0.4) is 0 Å². The normalized spacial score (nSPS) is 12.3. The van der Waals surface area contributed by atoms with Crippen LogP contribution in [0, 0.1) is 0 Å². The molecule has 0 bridgehead atoms. The molecule has 2 nitrogen and oxygen atoms in total. The molecule has 96 valence electrons. The van der Waals surface area contributed by atoms with Crippen molar-refractivity contribution >= 4 is 11.3 Å². The summed E-state index contributed by atoms with van der Waals surface area (Å²) in [6.45, 7) is 3.38. The van der Waals surface area contributed by atoms with Crippen molar-refractivity contribution in [2.24, 2.45) is 5.73 Å². The molecule has 2 N–H and O–H groups in total. The number of benzene rings is 1. The van der Waals surface area contributed by atoms with Gasteiger partial charge in [0.15, 0.2) is 0 Å². The monoisotopic (exact) mass is 261 g/mol. The van der Waals surface area contributed by atoms with Gasteiger partial charge in [0.05, 0.1) is 6.61 Å². The first-order chi connectivity index (χ1) is 8.85. The molecule has 1 atom stereocenters. The van der Waals surface area contributed by atoms with Crippen LogP contribution in [0.5, 0.6) is 5.75 Å². The van der Waals surface area contributed by atoms with Crippen LogP contribution < -0.4 is 10.5 Å². The van der Waals surface area contributed by atoms with Crippen LogP contribution in [0.15, 0.2) is 41.8 Å². The lowest BCUT2D eigenvalue weighted by molar-refractivity contribution is 0.335. The first-order valence-corrected chi connectivity index (χ1v) is 7.17. The van der Waals surface area contributed by atoms with E-state index < -0.39 is 0 Å². The van der Waals surface area contributed by atoms with Gasteiger partial charge < -0.3 is 10.5 Å². The average molecular weight is 261 g/mol. The van der Waals surface area contributed by atoms with E-state index in [-0.39, 0.29) is 0 Å². The maximum absolute atomic E-state index is 5.90. The Morgan fingerprint density at radius 1 is 1.22 bits per heavy atom. The summed E-state index contributed by atoms with van der Waals surface area (Å²) < 4.78 is 5.66. The molecule has 2 aromatic rings. The Kier molecular flexibility index (Phi) is 4.79. The zero-order valence-corrected chi connectivity index (χ0v) is 11.5. The van der Waals surface area contributed by atoms with Crippen molar-refractivity contribution in [1.29, 1.82) is 0 Å². The fourth-order valence-corrected chi connectivity index (χ4v) is 2.90. The fourth-order valence-electron chi connectivity index (χ4n) is 2.06. The first-order valence-electron chi connectivity index (χ1n) is 6.29. The van der Waals surface area contributed by atoms with Crippen LogP contribution in [-0.2, 0) is 6.42 Å². The third kappa shape index (κ3) is 3.12. The Labute approximate surface area is 112 Å². The Balaban J connectivity index is 2.17. The zero-order chi connectivity index (χ0) is 12.8. The maximum Gasteiger partial charge on any atom is 0.122 e. The molecule has 0 radical (unpaired) electrons. The second kappa shape index (κ2) is 6.57. The van der Waals surface area contributed by atoms with E-state index in [4.69, 9.17) is 10.5 Å². The Morgan fingerprint density at radius 3 is 2.72 bits per heavy atom. The van der Waals surface area contributed by atoms with Crippen molar-refractivity contribution in [3.63, 3.8) is 0 Å². The lowest BCUT2D eigenvalue weighted by atomic mass is 9.97. The molecule has 1 heterocycles. The van der Waals surface area contributed by atoms with E-state index in [1.54, 1.807) is 11.3 Å². The van der Waals surface area contributed by atoms with Gasteiger partial charge in [0.1, 0.15) is 5.75 Å². The smallest absolute Gasteiger partial charge is 0.122 e. The molecule has 18 heavy (non-hydrogen) atoms. The van der Waals surface area contributed by atoms with Crippen molar-refractivity contribution in [1.82, 2.24) is 0 Å². The van der Waals surface area contributed by atoms with Crippen molar-refractivity contribution in [2.75, 3.05) is 13.2 Å². The fraction of sp³-hybridized carbons (Fsp3) is 0.333. The molecule has 0 aliphatic rings. The summed E-state index contributed by atoms with van der Waals surface area (Å²) >= 11 is 1.77. The Bertz CT molecular complexity index is 467. The quantitative estimate of drug-likeness (QED) is 0.864. The van der Waals surface area contributed by atoms with E-state index >= 15 is 0 Å². The molecule has 0 saturated carbocycles. The largest absolute Gasteiger partial charge is 0.494 e. The molecular formula is C15H19NOS. The summed E-state index contributed by atoms with van der Waals surface area (Å²) in [7, 11) is 0. The number of hydrogen-bond acceptors (Lipinski definition) is 3. The second-order valence-corrected chi connectivity index (χ2v) is 5.17. The van der Waals surface area contributed by atoms with E-state index in [0.29, 0.717) is 19.1 Å². The third-order valence-electron chi connectivity index (χ3n) is 2.97. The number of ether oxygens (including phenoxy) is 1. The van der Waals surface area contributed by atoms with Gasteiger partial charge in [0.2, 0.25) is 0 Å². The summed E-state index contributed by atoms with van der Waals surface area (Å²) in [5, 5.41) is 2.10. The SMILES string of the molecule is CCOc1ccccc1CC(CN)c1cccs1. The standard InChI is InChI=1S/C15H19NOS/c1-2-17-14-7-4-3-6-12(14)10-13(11-16)15-8-5-9-18-15/h3-9,13H,2,10-11,16H2,1H3. The highest BCUT2D eigenvalue weighted by atomic mass is 32.1. The highest BCUT2D eigenvalue weighted by Gasteiger charge is 2.14. The number of para-hydroxylation sites is 1. The van der Waals surface area contributed by atoms with Crippen LogP contribution >= 0.6 is 11.3 Å². The molecule has 0 fully saturated rings. The predicted octanol–water partition coefficient (Wildman–Crippen LogP) is 3.43. The van der Waals surface area contributed by atoms with Gasteiger partial charge in [-0.3, -0.25) is 0 Å². The molecule has 1 aromatic carbocycles. The molecule has 0 amide bonds. The molecule has 0 aliphatic heterocycles. The van der Waals surface area contributed by atoms with Gasteiger partial charge in [-0.05, 0) is 36.4 Å². The molecule has 1 aromatic heterocycles. The average Bonchev–Trinajstić information content (AvgIpc) is 2.92. The highest BCUT2D eigenvalue weighted by molar-refractivity contribution is 7.10. The van der Waals surface area contributed by atoms with E-state index in [1.807, 2.05) is 19.1 Å². The van der Waals surface area contributed by atoms with E-state index in [9.17, 15) is 0 Å². The number of rotatable bonds is 6. The third-order valence-corrected chi connectivity index (χ3v) is 4.00. The molecule has 0 saturated heterocycles. The van der Waals surface area contributed by atoms with Crippen molar-refractivity contribution in [3.05, 3.63) is 52.2 Å². The van der Waals surface area contributed by atoms with E-state index in [2.05, 4.69) is 29.6 Å². The highest BCUT2D eigenvalue weighted by Crippen LogP contribution is 2.28. The topological polar surface area (TPSA) is 35.2 Å². The number of thiophene rings is 1. The van der Waals surface area contributed by atoms with Gasteiger partial charge in [-0.1, -0.05) is 24.3 Å². The number of hydrogen-bond donors (Lipinski definition) is 1. The van der Waals surface area contributed by atoms with Crippen molar-refractivity contribution in [3.8, 4) is 5.75 Å². The van der Waals surface area contributed by atoms with Crippen LogP contribution in [-0.4, -0.2) is 13.2 Å². The van der Waals surface area contributed by atoms with Gasteiger partial charge in [-0.15, -0.1) is 11.3 Å². The first kappa shape index (κ1) is 13.1.